The first-order valence-electron chi connectivity index (χ1n) is 9.30. The highest BCUT2D eigenvalue weighted by atomic mass is 16.4. The molecule has 0 bridgehead atoms. The maximum atomic E-state index is 13.3. The maximum Gasteiger partial charge on any atom is 0.339 e. The molecule has 0 aliphatic carbocycles. The van der Waals surface area contributed by atoms with Gasteiger partial charge < -0.3 is 19.3 Å². The van der Waals surface area contributed by atoms with Gasteiger partial charge in [0.05, 0.1) is 6.54 Å². The molecule has 1 saturated heterocycles. The summed E-state index contributed by atoms with van der Waals surface area (Å²) in [5.41, 5.74) is 0.845. The molecular formula is C21H24N2O5. The number of carboxylic acids is 1. The highest BCUT2D eigenvalue weighted by molar-refractivity contribution is 5.90. The van der Waals surface area contributed by atoms with E-state index in [0.29, 0.717) is 24.5 Å². The van der Waals surface area contributed by atoms with Crippen LogP contribution in [0.1, 0.15) is 52.7 Å². The van der Waals surface area contributed by atoms with Crippen molar-refractivity contribution in [2.75, 3.05) is 13.6 Å². The number of piperidine rings is 1. The van der Waals surface area contributed by atoms with E-state index < -0.39 is 12.0 Å². The van der Waals surface area contributed by atoms with Crippen LogP contribution in [0.5, 0.6) is 0 Å². The van der Waals surface area contributed by atoms with E-state index in [1.807, 2.05) is 30.3 Å². The predicted molar refractivity (Wildman–Crippen MR) is 102 cm³/mol. The number of carbonyl (C=O) groups excluding carboxylic acids is 2. The first-order valence-corrected chi connectivity index (χ1v) is 9.30. The number of furan rings is 1. The Balaban J connectivity index is 1.85. The van der Waals surface area contributed by atoms with Gasteiger partial charge in [0.2, 0.25) is 11.8 Å². The van der Waals surface area contributed by atoms with Crippen LogP contribution < -0.4 is 0 Å². The van der Waals surface area contributed by atoms with Crippen molar-refractivity contribution >= 4 is 17.8 Å². The predicted octanol–water partition coefficient (Wildman–Crippen LogP) is 3.00. The fourth-order valence-electron chi connectivity index (χ4n) is 3.55. The third-order valence-corrected chi connectivity index (χ3v) is 4.99. The molecule has 0 radical (unpaired) electrons. The van der Waals surface area contributed by atoms with Crippen molar-refractivity contribution in [2.24, 2.45) is 0 Å². The maximum absolute atomic E-state index is 13.3. The third kappa shape index (κ3) is 4.08. The number of nitrogens with zero attached hydrogens (tertiary/aromatic N) is 2. The number of amides is 2. The molecule has 1 atom stereocenters. The second kappa shape index (κ2) is 8.29. The molecule has 1 aliphatic rings. The monoisotopic (exact) mass is 384 g/mol. The lowest BCUT2D eigenvalue weighted by Gasteiger charge is -2.36. The molecule has 1 aromatic heterocycles. The number of benzene rings is 1. The summed E-state index contributed by atoms with van der Waals surface area (Å²) in [6.45, 7) is 2.24. The Hall–Kier alpha value is -3.09. The molecule has 7 nitrogen and oxygen atoms in total. The SMILES string of the molecule is Cc1oc(CN(C)C(=O)[C@H](c2ccccc2)N2CCCCC2=O)cc1C(=O)O. The molecular weight excluding hydrogens is 360 g/mol. The van der Waals surface area contributed by atoms with Crippen LogP contribution in [0, 0.1) is 6.92 Å². The summed E-state index contributed by atoms with van der Waals surface area (Å²) in [5, 5.41) is 9.17. The molecule has 0 spiro atoms. The molecule has 28 heavy (non-hydrogen) atoms. The van der Waals surface area contributed by atoms with Gasteiger partial charge >= 0.3 is 5.97 Å². The van der Waals surface area contributed by atoms with Gasteiger partial charge in [0.15, 0.2) is 0 Å². The molecule has 2 amide bonds. The van der Waals surface area contributed by atoms with E-state index in [1.165, 1.54) is 11.0 Å². The Kier molecular flexibility index (Phi) is 5.82. The molecule has 2 heterocycles. The highest BCUT2D eigenvalue weighted by Crippen LogP contribution is 2.28. The van der Waals surface area contributed by atoms with E-state index >= 15 is 0 Å². The summed E-state index contributed by atoms with van der Waals surface area (Å²) < 4.78 is 5.49. The van der Waals surface area contributed by atoms with Crippen molar-refractivity contribution in [3.63, 3.8) is 0 Å². The smallest absolute Gasteiger partial charge is 0.339 e. The van der Waals surface area contributed by atoms with Crippen LogP contribution >= 0.6 is 0 Å². The van der Waals surface area contributed by atoms with E-state index in [0.717, 1.165) is 18.4 Å². The molecule has 0 saturated carbocycles. The van der Waals surface area contributed by atoms with E-state index in [9.17, 15) is 19.5 Å². The molecule has 1 N–H and O–H groups in total. The van der Waals surface area contributed by atoms with E-state index in [2.05, 4.69) is 0 Å². The summed E-state index contributed by atoms with van der Waals surface area (Å²) in [4.78, 5) is 40.1. The van der Waals surface area contributed by atoms with E-state index in [1.54, 1.807) is 18.9 Å². The number of carboxylic acid groups (broad SMARTS) is 1. The van der Waals surface area contributed by atoms with Crippen molar-refractivity contribution in [2.45, 2.75) is 38.8 Å². The second-order valence-electron chi connectivity index (χ2n) is 7.04. The summed E-state index contributed by atoms with van der Waals surface area (Å²) in [6, 6.07) is 9.99. The van der Waals surface area contributed by atoms with E-state index in [-0.39, 0.29) is 23.9 Å². The zero-order valence-electron chi connectivity index (χ0n) is 16.1. The number of hydrogen-bond donors (Lipinski definition) is 1. The fourth-order valence-corrected chi connectivity index (χ4v) is 3.55. The number of rotatable bonds is 6. The highest BCUT2D eigenvalue weighted by Gasteiger charge is 2.34. The Morgan fingerprint density at radius 2 is 1.96 bits per heavy atom. The first-order chi connectivity index (χ1) is 13.4. The molecule has 2 aromatic rings. The minimum atomic E-state index is -1.07. The topological polar surface area (TPSA) is 91.1 Å². The molecule has 3 rings (SSSR count). The summed E-state index contributed by atoms with van der Waals surface area (Å²) in [7, 11) is 1.63. The minimum absolute atomic E-state index is 0.0242. The zero-order valence-corrected chi connectivity index (χ0v) is 16.1. The summed E-state index contributed by atoms with van der Waals surface area (Å²) in [6.07, 6.45) is 2.15. The van der Waals surface area contributed by atoms with Gasteiger partial charge in [-0.2, -0.15) is 0 Å². The number of carbonyl (C=O) groups is 3. The Morgan fingerprint density at radius 1 is 1.25 bits per heavy atom. The normalized spacial score (nSPS) is 15.4. The quantitative estimate of drug-likeness (QED) is 0.827. The molecule has 7 heteroatoms. The largest absolute Gasteiger partial charge is 0.478 e. The fraction of sp³-hybridized carbons (Fsp3) is 0.381. The lowest BCUT2D eigenvalue weighted by atomic mass is 10.00. The van der Waals surface area contributed by atoms with Crippen LogP contribution in [-0.2, 0) is 16.1 Å². The van der Waals surface area contributed by atoms with Crippen LogP contribution in [0.4, 0.5) is 0 Å². The van der Waals surface area contributed by atoms with Gasteiger partial charge in [-0.25, -0.2) is 4.79 Å². The molecule has 148 valence electrons. The van der Waals surface area contributed by atoms with Gasteiger partial charge in [0.1, 0.15) is 23.1 Å². The van der Waals surface area contributed by atoms with Crippen LogP contribution in [0.2, 0.25) is 0 Å². The number of aromatic carboxylic acids is 1. The number of likely N-dealkylation sites (N-methyl/N-ethyl adjacent to an activating group) is 1. The average molecular weight is 384 g/mol. The second-order valence-corrected chi connectivity index (χ2v) is 7.04. The minimum Gasteiger partial charge on any atom is -0.478 e. The van der Waals surface area contributed by atoms with Crippen LogP contribution in [0.25, 0.3) is 0 Å². The Labute approximate surface area is 163 Å². The third-order valence-electron chi connectivity index (χ3n) is 4.99. The zero-order chi connectivity index (χ0) is 20.3. The van der Waals surface area contributed by atoms with Gasteiger partial charge in [0, 0.05) is 20.0 Å². The van der Waals surface area contributed by atoms with Crippen molar-refractivity contribution in [1.82, 2.24) is 9.80 Å². The Bertz CT molecular complexity index is 874. The number of likely N-dealkylation sites (tertiary alicyclic amines) is 1. The molecule has 1 aliphatic heterocycles. The van der Waals surface area contributed by atoms with Crippen LogP contribution in [0.3, 0.4) is 0 Å². The van der Waals surface area contributed by atoms with Crippen molar-refractivity contribution in [3.8, 4) is 0 Å². The standard InChI is InChI=1S/C21H24N2O5/c1-14-17(21(26)27)12-16(28-14)13-22(2)20(25)19(15-8-4-3-5-9-15)23-11-7-6-10-18(23)24/h3-5,8-9,12,19H,6-7,10-11,13H2,1-2H3,(H,26,27)/t19-/m0/s1. The van der Waals surface area contributed by atoms with Gasteiger partial charge in [-0.1, -0.05) is 30.3 Å². The van der Waals surface area contributed by atoms with Gasteiger partial charge in [-0.05, 0) is 31.4 Å². The van der Waals surface area contributed by atoms with Crippen molar-refractivity contribution in [1.29, 1.82) is 0 Å². The molecule has 0 unspecified atom stereocenters. The number of hydrogen-bond acceptors (Lipinski definition) is 4. The van der Waals surface area contributed by atoms with Gasteiger partial charge in [0.25, 0.3) is 0 Å². The van der Waals surface area contributed by atoms with Crippen molar-refractivity contribution < 1.29 is 23.9 Å². The summed E-state index contributed by atoms with van der Waals surface area (Å²) >= 11 is 0. The average Bonchev–Trinajstić information content (AvgIpc) is 3.04. The van der Waals surface area contributed by atoms with Crippen molar-refractivity contribution in [3.05, 3.63) is 59.0 Å². The molecule has 1 fully saturated rings. The molecule has 1 aromatic carbocycles. The van der Waals surface area contributed by atoms with Crippen LogP contribution in [-0.4, -0.2) is 46.3 Å². The van der Waals surface area contributed by atoms with E-state index in [4.69, 9.17) is 4.42 Å². The lowest BCUT2D eigenvalue weighted by molar-refractivity contribution is -0.147. The van der Waals surface area contributed by atoms with Crippen LogP contribution in [0.15, 0.2) is 40.8 Å². The van der Waals surface area contributed by atoms with Gasteiger partial charge in [-0.15, -0.1) is 0 Å². The lowest BCUT2D eigenvalue weighted by Crippen LogP contribution is -2.46. The first kappa shape index (κ1) is 19.7. The van der Waals surface area contributed by atoms with Gasteiger partial charge in [-0.3, -0.25) is 9.59 Å². The summed E-state index contributed by atoms with van der Waals surface area (Å²) in [5.74, 6) is -0.629. The number of aryl methyl sites for hydroxylation is 1. The Morgan fingerprint density at radius 3 is 2.57 bits per heavy atom.